The van der Waals surface area contributed by atoms with Gasteiger partial charge in [0.25, 0.3) is 0 Å². The zero-order valence-electron chi connectivity index (χ0n) is 10.7. The second-order valence-corrected chi connectivity index (χ2v) is 6.74. The molecular weight excluding hydrogens is 280 g/mol. The molecule has 2 rings (SSSR count). The average Bonchev–Trinajstić information content (AvgIpc) is 2.85. The van der Waals surface area contributed by atoms with Gasteiger partial charge in [0.1, 0.15) is 5.75 Å². The largest absolute Gasteiger partial charge is 0.497 e. The Morgan fingerprint density at radius 3 is 2.42 bits per heavy atom. The van der Waals surface area contributed by atoms with Crippen LogP contribution in [0.1, 0.15) is 14.5 Å². The van der Waals surface area contributed by atoms with Crippen molar-refractivity contribution in [2.75, 3.05) is 12.9 Å². The molecule has 5 heteroatoms. The van der Waals surface area contributed by atoms with Crippen molar-refractivity contribution in [3.8, 4) is 5.75 Å². The Labute approximate surface area is 118 Å². The molecule has 3 nitrogen and oxygen atoms in total. The Hall–Kier alpha value is -1.46. The van der Waals surface area contributed by atoms with E-state index in [1.807, 2.05) is 13.0 Å². The van der Waals surface area contributed by atoms with Crippen LogP contribution in [0.5, 0.6) is 5.75 Å². The molecule has 1 atom stereocenters. The molecule has 0 radical (unpaired) electrons. The summed E-state index contributed by atoms with van der Waals surface area (Å²) >= 11 is 1.44. The van der Waals surface area contributed by atoms with E-state index in [0.717, 1.165) is 4.88 Å². The fraction of sp³-hybridized carbons (Fsp3) is 0.214. The molecule has 0 spiro atoms. The van der Waals surface area contributed by atoms with Gasteiger partial charge in [0.15, 0.2) is 5.78 Å². The molecule has 0 aliphatic carbocycles. The van der Waals surface area contributed by atoms with E-state index >= 15 is 0 Å². The third-order valence-corrected chi connectivity index (χ3v) is 4.96. The molecule has 0 fully saturated rings. The Morgan fingerprint density at radius 1 is 1.21 bits per heavy atom. The van der Waals surface area contributed by atoms with Crippen LogP contribution in [0.3, 0.4) is 0 Å². The minimum Gasteiger partial charge on any atom is -0.497 e. The second-order valence-electron chi connectivity index (χ2n) is 4.00. The minimum atomic E-state index is -1.31. The summed E-state index contributed by atoms with van der Waals surface area (Å²) in [5.74, 6) is 0.653. The third kappa shape index (κ3) is 3.52. The maximum absolute atomic E-state index is 12.1. The number of ether oxygens (including phenoxy) is 1. The van der Waals surface area contributed by atoms with Crippen molar-refractivity contribution in [2.45, 2.75) is 11.8 Å². The topological polar surface area (TPSA) is 43.4 Å². The van der Waals surface area contributed by atoms with Gasteiger partial charge in [-0.05, 0) is 43.3 Å². The van der Waals surface area contributed by atoms with E-state index in [4.69, 9.17) is 4.74 Å². The van der Waals surface area contributed by atoms with Crippen LogP contribution in [0, 0.1) is 6.92 Å². The summed E-state index contributed by atoms with van der Waals surface area (Å²) < 4.78 is 17.1. The lowest BCUT2D eigenvalue weighted by molar-refractivity contribution is 0.102. The molecule has 1 aromatic carbocycles. The van der Waals surface area contributed by atoms with Crippen molar-refractivity contribution in [1.29, 1.82) is 0 Å². The van der Waals surface area contributed by atoms with Crippen LogP contribution in [0.2, 0.25) is 0 Å². The number of thiophene rings is 1. The molecule has 1 aromatic heterocycles. The fourth-order valence-corrected chi connectivity index (χ4v) is 3.48. The van der Waals surface area contributed by atoms with Gasteiger partial charge in [0.05, 0.1) is 28.5 Å². The lowest BCUT2D eigenvalue weighted by atomic mass is 10.3. The van der Waals surface area contributed by atoms with Gasteiger partial charge < -0.3 is 4.74 Å². The SMILES string of the molecule is COc1ccc(S(=O)CC(=O)c2ccc(C)s2)cc1. The molecule has 2 aromatic rings. The molecule has 0 bridgehead atoms. The molecule has 0 saturated heterocycles. The number of Topliss-reactive ketones (excluding diaryl/α,β-unsaturated/α-hetero) is 1. The molecule has 0 N–H and O–H groups in total. The highest BCUT2D eigenvalue weighted by Crippen LogP contribution is 2.18. The van der Waals surface area contributed by atoms with Crippen LogP contribution < -0.4 is 4.74 Å². The molecule has 0 aliphatic heterocycles. The van der Waals surface area contributed by atoms with E-state index in [0.29, 0.717) is 15.5 Å². The number of aryl methyl sites for hydroxylation is 1. The Kier molecular flexibility index (Phi) is 4.50. The van der Waals surface area contributed by atoms with Crippen LogP contribution >= 0.6 is 11.3 Å². The lowest BCUT2D eigenvalue weighted by Crippen LogP contribution is -2.09. The average molecular weight is 294 g/mol. The van der Waals surface area contributed by atoms with E-state index in [2.05, 4.69) is 0 Å². The number of benzene rings is 1. The molecule has 0 amide bonds. The molecule has 0 saturated carbocycles. The zero-order valence-corrected chi connectivity index (χ0v) is 12.3. The highest BCUT2D eigenvalue weighted by atomic mass is 32.2. The number of rotatable bonds is 5. The van der Waals surface area contributed by atoms with E-state index in [1.165, 1.54) is 11.3 Å². The third-order valence-electron chi connectivity index (χ3n) is 2.60. The van der Waals surface area contributed by atoms with Crippen molar-refractivity contribution in [2.24, 2.45) is 0 Å². The van der Waals surface area contributed by atoms with Gasteiger partial charge in [-0.2, -0.15) is 0 Å². The number of ketones is 1. The standard InChI is InChI=1S/C14H14O3S2/c1-10-3-8-14(18-10)13(15)9-19(16)12-6-4-11(17-2)5-7-12/h3-8H,9H2,1-2H3. The molecule has 100 valence electrons. The smallest absolute Gasteiger partial charge is 0.185 e. The second kappa shape index (κ2) is 6.12. The number of hydrogen-bond donors (Lipinski definition) is 0. The molecule has 1 unspecified atom stereocenters. The van der Waals surface area contributed by atoms with Gasteiger partial charge >= 0.3 is 0 Å². The number of carbonyl (C=O) groups excluding carboxylic acids is 1. The number of methoxy groups -OCH3 is 1. The van der Waals surface area contributed by atoms with Crippen LogP contribution in [0.25, 0.3) is 0 Å². The van der Waals surface area contributed by atoms with Gasteiger partial charge in [-0.15, -0.1) is 11.3 Å². The molecule has 19 heavy (non-hydrogen) atoms. The highest BCUT2D eigenvalue weighted by molar-refractivity contribution is 7.85. The molecule has 0 aliphatic rings. The zero-order chi connectivity index (χ0) is 13.8. The molecule has 1 heterocycles. The van der Waals surface area contributed by atoms with Gasteiger partial charge in [-0.3, -0.25) is 9.00 Å². The lowest BCUT2D eigenvalue weighted by Gasteiger charge is -2.03. The summed E-state index contributed by atoms with van der Waals surface area (Å²) in [5, 5.41) is 0. The first-order valence-corrected chi connectivity index (χ1v) is 7.86. The van der Waals surface area contributed by atoms with Crippen molar-refractivity contribution < 1.29 is 13.7 Å². The first kappa shape index (κ1) is 14.0. The molecular formula is C14H14O3S2. The Morgan fingerprint density at radius 2 is 1.89 bits per heavy atom. The van der Waals surface area contributed by atoms with Crippen LogP contribution in [-0.4, -0.2) is 22.9 Å². The summed E-state index contributed by atoms with van der Waals surface area (Å²) in [6.45, 7) is 1.95. The Balaban J connectivity index is 2.06. The number of hydrogen-bond acceptors (Lipinski definition) is 4. The highest BCUT2D eigenvalue weighted by Gasteiger charge is 2.13. The summed E-state index contributed by atoms with van der Waals surface area (Å²) in [7, 11) is 0.265. The van der Waals surface area contributed by atoms with Gasteiger partial charge in [0, 0.05) is 9.77 Å². The van der Waals surface area contributed by atoms with Gasteiger partial charge in [0.2, 0.25) is 0 Å². The predicted molar refractivity (Wildman–Crippen MR) is 77.7 cm³/mol. The first-order chi connectivity index (χ1) is 9.10. The quantitative estimate of drug-likeness (QED) is 0.796. The van der Waals surface area contributed by atoms with E-state index < -0.39 is 10.8 Å². The Bertz CT molecular complexity index is 599. The summed E-state index contributed by atoms with van der Waals surface area (Å²) in [4.78, 5) is 14.3. The van der Waals surface area contributed by atoms with E-state index in [1.54, 1.807) is 37.4 Å². The summed E-state index contributed by atoms with van der Waals surface area (Å²) in [5.41, 5.74) is 0. The van der Waals surface area contributed by atoms with Crippen molar-refractivity contribution in [3.05, 3.63) is 46.2 Å². The maximum Gasteiger partial charge on any atom is 0.185 e. The van der Waals surface area contributed by atoms with Gasteiger partial charge in [-0.1, -0.05) is 0 Å². The van der Waals surface area contributed by atoms with Crippen LogP contribution in [0.15, 0.2) is 41.3 Å². The maximum atomic E-state index is 12.1. The minimum absolute atomic E-state index is 0.0201. The normalized spacial score (nSPS) is 12.1. The van der Waals surface area contributed by atoms with Crippen LogP contribution in [-0.2, 0) is 10.8 Å². The summed E-state index contributed by atoms with van der Waals surface area (Å²) in [6, 6.07) is 10.6. The van der Waals surface area contributed by atoms with Crippen molar-refractivity contribution >= 4 is 27.9 Å². The first-order valence-electron chi connectivity index (χ1n) is 5.72. The predicted octanol–water partition coefficient (Wildman–Crippen LogP) is 3.06. The van der Waals surface area contributed by atoms with Crippen LogP contribution in [0.4, 0.5) is 0 Å². The van der Waals surface area contributed by atoms with E-state index in [9.17, 15) is 9.00 Å². The fourth-order valence-electron chi connectivity index (χ4n) is 1.59. The number of carbonyl (C=O) groups is 1. The van der Waals surface area contributed by atoms with Crippen molar-refractivity contribution in [1.82, 2.24) is 0 Å². The van der Waals surface area contributed by atoms with Gasteiger partial charge in [-0.25, -0.2) is 0 Å². The summed E-state index contributed by atoms with van der Waals surface area (Å²) in [6.07, 6.45) is 0. The monoisotopic (exact) mass is 294 g/mol. The van der Waals surface area contributed by atoms with E-state index in [-0.39, 0.29) is 11.5 Å². The van der Waals surface area contributed by atoms with Crippen molar-refractivity contribution in [3.63, 3.8) is 0 Å².